The highest BCUT2D eigenvalue weighted by atomic mass is 19.4. The molecule has 6 nitrogen and oxygen atoms in total. The number of carbonyl (C=O) groups excluding carboxylic acids is 1. The SMILES string of the molecule is CC[C@@]1(c2cccc(C(F)(F)F)c2)C2=CN=NC2NC2=C1C(=O)N(c1ccc(OC)cc1)CC2. The van der Waals surface area contributed by atoms with Crippen LogP contribution >= 0.6 is 0 Å². The van der Waals surface area contributed by atoms with Crippen LogP contribution in [0.25, 0.3) is 0 Å². The summed E-state index contributed by atoms with van der Waals surface area (Å²) in [5.74, 6) is 0.422. The summed E-state index contributed by atoms with van der Waals surface area (Å²) in [7, 11) is 1.57. The molecule has 1 N–H and O–H groups in total. The first-order valence-corrected chi connectivity index (χ1v) is 11.0. The van der Waals surface area contributed by atoms with Crippen LogP contribution in [0.5, 0.6) is 5.75 Å². The van der Waals surface area contributed by atoms with Gasteiger partial charge < -0.3 is 15.0 Å². The fraction of sp³-hybridized carbons (Fsp3) is 0.320. The first-order valence-electron chi connectivity index (χ1n) is 11.0. The highest BCUT2D eigenvalue weighted by Gasteiger charge is 2.53. The van der Waals surface area contributed by atoms with Crippen LogP contribution in [0.15, 0.2) is 81.8 Å². The summed E-state index contributed by atoms with van der Waals surface area (Å²) in [6.45, 7) is 2.31. The smallest absolute Gasteiger partial charge is 0.416 e. The van der Waals surface area contributed by atoms with E-state index in [0.717, 1.165) is 12.1 Å². The Bertz CT molecular complexity index is 1230. The average molecular weight is 468 g/mol. The number of alkyl halides is 3. The molecule has 0 aromatic heterocycles. The van der Waals surface area contributed by atoms with E-state index in [1.165, 1.54) is 6.07 Å². The number of anilines is 1. The van der Waals surface area contributed by atoms with Crippen LogP contribution in [0, 0.1) is 0 Å². The number of fused-ring (bicyclic) bond motifs is 1. The highest BCUT2D eigenvalue weighted by molar-refractivity contribution is 6.09. The van der Waals surface area contributed by atoms with E-state index in [1.54, 1.807) is 48.5 Å². The number of amides is 1. The molecule has 3 aliphatic rings. The molecule has 3 heterocycles. The molecule has 1 amide bonds. The number of ether oxygens (including phenoxy) is 1. The largest absolute Gasteiger partial charge is 0.497 e. The Kier molecular flexibility index (Phi) is 5.22. The van der Waals surface area contributed by atoms with E-state index in [2.05, 4.69) is 15.5 Å². The fourth-order valence-corrected chi connectivity index (χ4v) is 5.22. The second-order valence-corrected chi connectivity index (χ2v) is 8.46. The van der Waals surface area contributed by atoms with Crippen molar-refractivity contribution < 1.29 is 22.7 Å². The standard InChI is InChI=1S/C25H23F3N4O2/c1-3-24(15-5-4-6-16(13-15)25(26,27)28)19-14-29-31-22(19)30-20-11-12-32(23(33)21(20)24)17-7-9-18(34-2)10-8-17/h4-10,13-14,22,30H,3,11-12H2,1-2H3/t22?,24-/m1/s1. The number of nitrogens with zero attached hydrogens (tertiary/aromatic N) is 3. The number of methoxy groups -OCH3 is 1. The fourth-order valence-electron chi connectivity index (χ4n) is 5.22. The molecule has 176 valence electrons. The molecule has 2 aromatic carbocycles. The van der Waals surface area contributed by atoms with Crippen molar-refractivity contribution in [1.29, 1.82) is 0 Å². The maximum atomic E-state index is 14.0. The van der Waals surface area contributed by atoms with Crippen LogP contribution in [0.4, 0.5) is 18.9 Å². The second kappa shape index (κ2) is 8.00. The minimum atomic E-state index is -4.50. The Morgan fingerprint density at radius 1 is 1.21 bits per heavy atom. The zero-order chi connectivity index (χ0) is 24.1. The number of nitrogens with one attached hydrogen (secondary N) is 1. The lowest BCUT2D eigenvalue weighted by Gasteiger charge is -2.47. The summed E-state index contributed by atoms with van der Waals surface area (Å²) in [6.07, 6.45) is -2.53. The Labute approximate surface area is 194 Å². The van der Waals surface area contributed by atoms with Gasteiger partial charge >= 0.3 is 6.18 Å². The maximum Gasteiger partial charge on any atom is 0.416 e. The van der Waals surface area contributed by atoms with E-state index >= 15 is 0 Å². The minimum Gasteiger partial charge on any atom is -0.497 e. The summed E-state index contributed by atoms with van der Waals surface area (Å²) >= 11 is 0. The predicted molar refractivity (Wildman–Crippen MR) is 120 cm³/mol. The van der Waals surface area contributed by atoms with Crippen molar-refractivity contribution >= 4 is 11.6 Å². The monoisotopic (exact) mass is 468 g/mol. The molecule has 0 spiro atoms. The van der Waals surface area contributed by atoms with Crippen molar-refractivity contribution in [2.45, 2.75) is 37.5 Å². The lowest BCUT2D eigenvalue weighted by molar-refractivity contribution is -0.137. The maximum absolute atomic E-state index is 14.0. The molecule has 5 rings (SSSR count). The number of halogens is 3. The zero-order valence-electron chi connectivity index (χ0n) is 18.7. The Balaban J connectivity index is 1.67. The lowest BCUT2D eigenvalue weighted by atomic mass is 9.62. The van der Waals surface area contributed by atoms with Crippen molar-refractivity contribution in [2.24, 2.45) is 10.2 Å². The normalized spacial score (nSPS) is 23.9. The number of benzene rings is 2. The Morgan fingerprint density at radius 2 is 1.97 bits per heavy atom. The second-order valence-electron chi connectivity index (χ2n) is 8.46. The summed E-state index contributed by atoms with van der Waals surface area (Å²) in [6, 6.07) is 12.4. The van der Waals surface area contributed by atoms with Gasteiger partial charge in [0.15, 0.2) is 6.17 Å². The topological polar surface area (TPSA) is 66.3 Å². The summed E-state index contributed by atoms with van der Waals surface area (Å²) in [5, 5.41) is 11.6. The molecule has 3 aliphatic heterocycles. The van der Waals surface area contributed by atoms with E-state index in [4.69, 9.17) is 4.74 Å². The van der Waals surface area contributed by atoms with Crippen molar-refractivity contribution in [1.82, 2.24) is 5.32 Å². The van der Waals surface area contributed by atoms with Gasteiger partial charge in [0.05, 0.1) is 29.9 Å². The predicted octanol–water partition coefficient (Wildman–Crippen LogP) is 5.33. The lowest BCUT2D eigenvalue weighted by Crippen LogP contribution is -2.54. The molecule has 9 heteroatoms. The number of hydrogen-bond acceptors (Lipinski definition) is 5. The van der Waals surface area contributed by atoms with Gasteiger partial charge in [-0.1, -0.05) is 25.1 Å². The van der Waals surface area contributed by atoms with Crippen molar-refractivity contribution in [3.05, 3.63) is 82.7 Å². The van der Waals surface area contributed by atoms with Gasteiger partial charge in [0.1, 0.15) is 5.75 Å². The van der Waals surface area contributed by atoms with Crippen LogP contribution in [0.2, 0.25) is 0 Å². The summed E-state index contributed by atoms with van der Waals surface area (Å²) in [4.78, 5) is 15.7. The number of carbonyl (C=O) groups is 1. The van der Waals surface area contributed by atoms with Crippen LogP contribution in [0.1, 0.15) is 30.9 Å². The van der Waals surface area contributed by atoms with Crippen LogP contribution in [-0.4, -0.2) is 25.7 Å². The molecule has 0 bridgehead atoms. The third-order valence-corrected chi connectivity index (χ3v) is 6.85. The van der Waals surface area contributed by atoms with Crippen molar-refractivity contribution in [2.75, 3.05) is 18.6 Å². The molecule has 0 aliphatic carbocycles. The first kappa shape index (κ1) is 22.2. The molecule has 2 atom stereocenters. The molecule has 0 radical (unpaired) electrons. The molecular weight excluding hydrogens is 445 g/mol. The Morgan fingerprint density at radius 3 is 2.65 bits per heavy atom. The first-order chi connectivity index (χ1) is 16.3. The van der Waals surface area contributed by atoms with Gasteiger partial charge in [-0.3, -0.25) is 4.79 Å². The summed E-state index contributed by atoms with van der Waals surface area (Å²) in [5.41, 5.74) is 1.10. The third-order valence-electron chi connectivity index (χ3n) is 6.85. The summed E-state index contributed by atoms with van der Waals surface area (Å²) < 4.78 is 46.1. The van der Waals surface area contributed by atoms with Gasteiger partial charge in [-0.15, -0.1) is 0 Å². The third kappa shape index (κ3) is 3.29. The van der Waals surface area contributed by atoms with E-state index in [-0.39, 0.29) is 5.91 Å². The molecule has 0 fully saturated rings. The molecule has 1 unspecified atom stereocenters. The molecule has 0 saturated heterocycles. The van der Waals surface area contributed by atoms with Crippen LogP contribution in [-0.2, 0) is 16.4 Å². The van der Waals surface area contributed by atoms with Gasteiger partial charge in [-0.05, 0) is 42.3 Å². The van der Waals surface area contributed by atoms with Gasteiger partial charge in [-0.2, -0.15) is 23.4 Å². The van der Waals surface area contributed by atoms with Gasteiger partial charge in [0.2, 0.25) is 0 Å². The molecule has 34 heavy (non-hydrogen) atoms. The number of rotatable bonds is 4. The minimum absolute atomic E-state index is 0.246. The van der Waals surface area contributed by atoms with E-state index in [9.17, 15) is 18.0 Å². The van der Waals surface area contributed by atoms with E-state index in [0.29, 0.717) is 53.2 Å². The van der Waals surface area contributed by atoms with E-state index < -0.39 is 23.3 Å². The average Bonchev–Trinajstić information content (AvgIpc) is 3.31. The van der Waals surface area contributed by atoms with Crippen molar-refractivity contribution in [3.8, 4) is 5.75 Å². The van der Waals surface area contributed by atoms with E-state index in [1.807, 2.05) is 6.92 Å². The van der Waals surface area contributed by atoms with Crippen LogP contribution in [0.3, 0.4) is 0 Å². The Hall–Kier alpha value is -3.62. The van der Waals surface area contributed by atoms with Gasteiger partial charge in [-0.25, -0.2) is 0 Å². The molecular formula is C25H23F3N4O2. The van der Waals surface area contributed by atoms with Crippen LogP contribution < -0.4 is 15.0 Å². The molecule has 2 aromatic rings. The van der Waals surface area contributed by atoms with Gasteiger partial charge in [0.25, 0.3) is 5.91 Å². The van der Waals surface area contributed by atoms with Gasteiger partial charge in [0, 0.05) is 29.9 Å². The van der Waals surface area contributed by atoms with Crippen molar-refractivity contribution in [3.63, 3.8) is 0 Å². The number of hydrogen-bond donors (Lipinski definition) is 1. The molecule has 0 saturated carbocycles. The quantitative estimate of drug-likeness (QED) is 0.660. The number of azo groups is 1. The zero-order valence-corrected chi connectivity index (χ0v) is 18.7. The highest BCUT2D eigenvalue weighted by Crippen LogP contribution is 2.52.